The topological polar surface area (TPSA) is 59.1 Å². The van der Waals surface area contributed by atoms with E-state index in [4.69, 9.17) is 17.3 Å². The van der Waals surface area contributed by atoms with E-state index in [1.807, 2.05) is 0 Å². The number of nitrogens with two attached hydrogens (primary N) is 1. The quantitative estimate of drug-likeness (QED) is 0.745. The standard InChI is InChI=1S/C8H11ClN2OS/c9-7-2-1-3-11-8(7)13-5-6(12)4-10/h1-3,6,12H,4-5,10H2. The van der Waals surface area contributed by atoms with Crippen molar-refractivity contribution >= 4 is 23.4 Å². The Morgan fingerprint density at radius 2 is 2.46 bits per heavy atom. The van der Waals surface area contributed by atoms with Crippen LogP contribution in [0.3, 0.4) is 0 Å². The highest BCUT2D eigenvalue weighted by molar-refractivity contribution is 7.99. The second-order valence-electron chi connectivity index (χ2n) is 2.49. The lowest BCUT2D eigenvalue weighted by Crippen LogP contribution is -2.21. The zero-order valence-corrected chi connectivity index (χ0v) is 8.55. The molecule has 72 valence electrons. The Morgan fingerprint density at radius 1 is 1.69 bits per heavy atom. The van der Waals surface area contributed by atoms with Gasteiger partial charge in [-0.2, -0.15) is 0 Å². The smallest absolute Gasteiger partial charge is 0.115 e. The maximum absolute atomic E-state index is 9.19. The molecule has 1 aromatic heterocycles. The van der Waals surface area contributed by atoms with Gasteiger partial charge in [0.2, 0.25) is 0 Å². The number of aromatic nitrogens is 1. The second-order valence-corrected chi connectivity index (χ2v) is 3.91. The minimum Gasteiger partial charge on any atom is -0.391 e. The third-order valence-electron chi connectivity index (χ3n) is 1.41. The molecule has 0 fully saturated rings. The van der Waals surface area contributed by atoms with Crippen molar-refractivity contribution in [1.29, 1.82) is 0 Å². The number of hydrogen-bond donors (Lipinski definition) is 2. The number of aliphatic hydroxyl groups excluding tert-OH is 1. The van der Waals surface area contributed by atoms with Gasteiger partial charge in [-0.3, -0.25) is 0 Å². The van der Waals surface area contributed by atoms with Crippen molar-refractivity contribution in [3.63, 3.8) is 0 Å². The Bertz CT molecular complexity index is 272. The third kappa shape index (κ3) is 3.52. The first-order valence-electron chi connectivity index (χ1n) is 3.85. The maximum atomic E-state index is 9.19. The summed E-state index contributed by atoms with van der Waals surface area (Å²) in [6.07, 6.45) is 1.17. The molecule has 0 aliphatic rings. The molecule has 3 nitrogen and oxygen atoms in total. The summed E-state index contributed by atoms with van der Waals surface area (Å²) in [6, 6.07) is 3.54. The first kappa shape index (κ1) is 10.8. The first-order chi connectivity index (χ1) is 6.24. The lowest BCUT2D eigenvalue weighted by Gasteiger charge is -2.06. The number of halogens is 1. The summed E-state index contributed by atoms with van der Waals surface area (Å²) in [4.78, 5) is 4.06. The van der Waals surface area contributed by atoms with Gasteiger partial charge in [0.05, 0.1) is 11.1 Å². The summed E-state index contributed by atoms with van der Waals surface area (Å²) >= 11 is 7.26. The number of thioether (sulfide) groups is 1. The van der Waals surface area contributed by atoms with Crippen LogP contribution in [0, 0.1) is 0 Å². The van der Waals surface area contributed by atoms with Crippen LogP contribution < -0.4 is 5.73 Å². The minimum absolute atomic E-state index is 0.261. The molecule has 0 saturated carbocycles. The molecule has 1 atom stereocenters. The zero-order valence-electron chi connectivity index (χ0n) is 6.98. The van der Waals surface area contributed by atoms with Crippen molar-refractivity contribution in [2.75, 3.05) is 12.3 Å². The normalized spacial score (nSPS) is 12.8. The van der Waals surface area contributed by atoms with Gasteiger partial charge in [-0.05, 0) is 12.1 Å². The average molecular weight is 219 g/mol. The summed E-state index contributed by atoms with van der Waals surface area (Å²) < 4.78 is 0. The van der Waals surface area contributed by atoms with Crippen LogP contribution in [0.4, 0.5) is 0 Å². The largest absolute Gasteiger partial charge is 0.391 e. The molecular formula is C8H11ClN2OS. The molecule has 1 rings (SSSR count). The van der Waals surface area contributed by atoms with Crippen molar-refractivity contribution in [3.8, 4) is 0 Å². The molecule has 13 heavy (non-hydrogen) atoms. The van der Waals surface area contributed by atoms with E-state index in [1.165, 1.54) is 11.8 Å². The van der Waals surface area contributed by atoms with E-state index < -0.39 is 6.10 Å². The Balaban J connectivity index is 2.50. The van der Waals surface area contributed by atoms with E-state index >= 15 is 0 Å². The van der Waals surface area contributed by atoms with E-state index in [0.717, 1.165) is 5.03 Å². The molecule has 0 radical (unpaired) electrons. The minimum atomic E-state index is -0.497. The third-order valence-corrected chi connectivity index (χ3v) is 2.98. The molecule has 1 heterocycles. The first-order valence-corrected chi connectivity index (χ1v) is 5.22. The van der Waals surface area contributed by atoms with Crippen LogP contribution in [0.2, 0.25) is 5.02 Å². The van der Waals surface area contributed by atoms with Gasteiger partial charge in [0.1, 0.15) is 5.03 Å². The summed E-state index contributed by atoms with van der Waals surface area (Å²) in [5, 5.41) is 10.5. The van der Waals surface area contributed by atoms with Gasteiger partial charge in [0.15, 0.2) is 0 Å². The Kier molecular flexibility index (Phi) is 4.52. The summed E-state index contributed by atoms with van der Waals surface area (Å²) in [7, 11) is 0. The van der Waals surface area contributed by atoms with Crippen molar-refractivity contribution in [3.05, 3.63) is 23.4 Å². The van der Waals surface area contributed by atoms with Gasteiger partial charge in [-0.1, -0.05) is 11.6 Å². The molecule has 1 aromatic rings. The number of hydrogen-bond acceptors (Lipinski definition) is 4. The van der Waals surface area contributed by atoms with Crippen molar-refractivity contribution < 1.29 is 5.11 Å². The second kappa shape index (κ2) is 5.44. The lowest BCUT2D eigenvalue weighted by atomic mass is 10.4. The van der Waals surface area contributed by atoms with Crippen LogP contribution in [0.5, 0.6) is 0 Å². The molecule has 0 aliphatic heterocycles. The van der Waals surface area contributed by atoms with Gasteiger partial charge >= 0.3 is 0 Å². The Morgan fingerprint density at radius 3 is 3.08 bits per heavy atom. The van der Waals surface area contributed by atoms with Crippen molar-refractivity contribution in [2.24, 2.45) is 5.73 Å². The highest BCUT2D eigenvalue weighted by atomic mass is 35.5. The van der Waals surface area contributed by atoms with E-state index in [9.17, 15) is 5.11 Å². The predicted octanol–water partition coefficient (Wildman–Crippen LogP) is 1.15. The van der Waals surface area contributed by atoms with Crippen LogP contribution >= 0.6 is 23.4 Å². The van der Waals surface area contributed by atoms with Crippen LogP contribution in [-0.2, 0) is 0 Å². The van der Waals surface area contributed by atoms with Crippen LogP contribution in [0.1, 0.15) is 0 Å². The molecule has 0 amide bonds. The van der Waals surface area contributed by atoms with Crippen LogP contribution in [0.25, 0.3) is 0 Å². The highest BCUT2D eigenvalue weighted by Crippen LogP contribution is 2.24. The maximum Gasteiger partial charge on any atom is 0.115 e. The van der Waals surface area contributed by atoms with Gasteiger partial charge < -0.3 is 10.8 Å². The predicted molar refractivity (Wildman–Crippen MR) is 55.0 cm³/mol. The molecule has 0 aliphatic carbocycles. The number of pyridine rings is 1. The monoisotopic (exact) mass is 218 g/mol. The average Bonchev–Trinajstić information content (AvgIpc) is 2.16. The van der Waals surface area contributed by atoms with Gasteiger partial charge in [-0.15, -0.1) is 11.8 Å². The van der Waals surface area contributed by atoms with E-state index in [1.54, 1.807) is 18.3 Å². The molecule has 0 spiro atoms. The molecule has 1 unspecified atom stereocenters. The highest BCUT2D eigenvalue weighted by Gasteiger charge is 2.05. The number of rotatable bonds is 4. The van der Waals surface area contributed by atoms with Crippen molar-refractivity contribution in [1.82, 2.24) is 4.98 Å². The molecule has 0 saturated heterocycles. The van der Waals surface area contributed by atoms with Crippen LogP contribution in [-0.4, -0.2) is 28.5 Å². The van der Waals surface area contributed by atoms with Gasteiger partial charge in [0, 0.05) is 18.5 Å². The van der Waals surface area contributed by atoms with E-state index in [2.05, 4.69) is 4.98 Å². The molecule has 0 aromatic carbocycles. The van der Waals surface area contributed by atoms with E-state index in [-0.39, 0.29) is 6.54 Å². The molecule has 5 heteroatoms. The molecular weight excluding hydrogens is 208 g/mol. The molecule has 3 N–H and O–H groups in total. The number of nitrogens with zero attached hydrogens (tertiary/aromatic N) is 1. The fourth-order valence-corrected chi connectivity index (χ4v) is 1.83. The fourth-order valence-electron chi connectivity index (χ4n) is 0.721. The molecule has 0 bridgehead atoms. The fraction of sp³-hybridized carbons (Fsp3) is 0.375. The lowest BCUT2D eigenvalue weighted by molar-refractivity contribution is 0.208. The van der Waals surface area contributed by atoms with Crippen LogP contribution in [0.15, 0.2) is 23.4 Å². The van der Waals surface area contributed by atoms with E-state index in [0.29, 0.717) is 10.8 Å². The summed E-state index contributed by atoms with van der Waals surface area (Å²) in [5.74, 6) is 0.521. The SMILES string of the molecule is NCC(O)CSc1ncccc1Cl. The summed E-state index contributed by atoms with van der Waals surface area (Å²) in [6.45, 7) is 0.261. The number of aliphatic hydroxyl groups is 1. The summed E-state index contributed by atoms with van der Waals surface area (Å²) in [5.41, 5.74) is 5.26. The zero-order chi connectivity index (χ0) is 9.68. The van der Waals surface area contributed by atoms with Gasteiger partial charge in [-0.25, -0.2) is 4.98 Å². The van der Waals surface area contributed by atoms with Crippen molar-refractivity contribution in [2.45, 2.75) is 11.1 Å². The Labute approximate surface area is 86.3 Å². The van der Waals surface area contributed by atoms with Gasteiger partial charge in [0.25, 0.3) is 0 Å². The Hall–Kier alpha value is -0.290.